The van der Waals surface area contributed by atoms with Gasteiger partial charge in [0.05, 0.1) is 6.42 Å². The fourth-order valence-electron chi connectivity index (χ4n) is 0.884. The molecular formula is C7H6N2OS2. The first kappa shape index (κ1) is 7.82. The Balaban J connectivity index is 2.14. The smallest absolute Gasteiger partial charge is 0.273 e. The first-order valence-corrected chi connectivity index (χ1v) is 4.76. The minimum absolute atomic E-state index is 0.320. The highest BCUT2D eigenvalue weighted by Gasteiger charge is 2.03. The summed E-state index contributed by atoms with van der Waals surface area (Å²) >= 11 is 5.58. The van der Waals surface area contributed by atoms with Gasteiger partial charge in [0.2, 0.25) is 5.89 Å². The van der Waals surface area contributed by atoms with Crippen LogP contribution < -0.4 is 0 Å². The molecule has 0 aliphatic carbocycles. The summed E-state index contributed by atoms with van der Waals surface area (Å²) in [4.78, 5) is 0. The third-order valence-corrected chi connectivity index (χ3v) is 2.30. The molecule has 0 radical (unpaired) electrons. The zero-order chi connectivity index (χ0) is 8.39. The topological polar surface area (TPSA) is 38.9 Å². The predicted molar refractivity (Wildman–Crippen MR) is 48.7 cm³/mol. The molecule has 0 saturated carbocycles. The van der Waals surface area contributed by atoms with Gasteiger partial charge < -0.3 is 4.42 Å². The molecule has 0 unspecified atom stereocenters. The second-order valence-corrected chi connectivity index (χ2v) is 3.45. The van der Waals surface area contributed by atoms with Gasteiger partial charge in [0.15, 0.2) is 0 Å². The van der Waals surface area contributed by atoms with E-state index in [1.807, 2.05) is 11.4 Å². The van der Waals surface area contributed by atoms with E-state index in [9.17, 15) is 0 Å². The molecule has 0 amide bonds. The maximum atomic E-state index is 5.10. The molecule has 0 fully saturated rings. The molecule has 3 nitrogen and oxygen atoms in total. The molecule has 2 aromatic rings. The minimum atomic E-state index is 0.320. The van der Waals surface area contributed by atoms with Crippen LogP contribution in [0.2, 0.25) is 0 Å². The summed E-state index contributed by atoms with van der Waals surface area (Å²) in [6.45, 7) is 0. The monoisotopic (exact) mass is 198 g/mol. The highest BCUT2D eigenvalue weighted by molar-refractivity contribution is 7.80. The lowest BCUT2D eigenvalue weighted by Crippen LogP contribution is -1.84. The molecule has 0 aromatic carbocycles. The summed E-state index contributed by atoms with van der Waals surface area (Å²) in [5.41, 5.74) is 1.19. The molecule has 0 N–H and O–H groups in total. The van der Waals surface area contributed by atoms with Crippen LogP contribution in [-0.2, 0) is 6.42 Å². The first-order chi connectivity index (χ1) is 5.84. The van der Waals surface area contributed by atoms with E-state index < -0.39 is 0 Å². The Labute approximate surface area is 78.9 Å². The van der Waals surface area contributed by atoms with Gasteiger partial charge in [0.1, 0.15) is 0 Å². The van der Waals surface area contributed by atoms with Crippen LogP contribution in [0.15, 0.2) is 26.5 Å². The Morgan fingerprint density at radius 1 is 1.50 bits per heavy atom. The van der Waals surface area contributed by atoms with E-state index in [0.717, 1.165) is 0 Å². The van der Waals surface area contributed by atoms with Crippen LogP contribution in [0.5, 0.6) is 0 Å². The predicted octanol–water partition coefficient (Wildman–Crippen LogP) is 2.01. The molecular weight excluding hydrogens is 192 g/mol. The largest absolute Gasteiger partial charge is 0.416 e. The Kier molecular flexibility index (Phi) is 2.14. The van der Waals surface area contributed by atoms with Crippen molar-refractivity contribution >= 4 is 24.0 Å². The SMILES string of the molecule is Sc1nnc(Cc2ccsc2)o1. The van der Waals surface area contributed by atoms with Gasteiger partial charge >= 0.3 is 0 Å². The van der Waals surface area contributed by atoms with Gasteiger partial charge in [-0.05, 0) is 22.4 Å². The van der Waals surface area contributed by atoms with E-state index in [-0.39, 0.29) is 0 Å². The second kappa shape index (κ2) is 3.28. The molecule has 0 spiro atoms. The number of hydrogen-bond donors (Lipinski definition) is 1. The molecule has 12 heavy (non-hydrogen) atoms. The maximum Gasteiger partial charge on any atom is 0.273 e. The van der Waals surface area contributed by atoms with Crippen molar-refractivity contribution in [2.45, 2.75) is 11.6 Å². The maximum absolute atomic E-state index is 5.10. The fourth-order valence-corrected chi connectivity index (χ4v) is 1.70. The highest BCUT2D eigenvalue weighted by atomic mass is 32.1. The second-order valence-electron chi connectivity index (χ2n) is 2.29. The van der Waals surface area contributed by atoms with Crippen LogP contribution in [0.1, 0.15) is 11.5 Å². The number of aromatic nitrogens is 2. The Hall–Kier alpha value is -0.810. The van der Waals surface area contributed by atoms with E-state index in [4.69, 9.17) is 4.42 Å². The average molecular weight is 198 g/mol. The first-order valence-electron chi connectivity index (χ1n) is 3.37. The quantitative estimate of drug-likeness (QED) is 0.750. The Morgan fingerprint density at radius 2 is 2.42 bits per heavy atom. The average Bonchev–Trinajstić information content (AvgIpc) is 2.63. The van der Waals surface area contributed by atoms with Crippen molar-refractivity contribution in [3.8, 4) is 0 Å². The zero-order valence-corrected chi connectivity index (χ0v) is 7.81. The van der Waals surface area contributed by atoms with Gasteiger partial charge in [-0.25, -0.2) is 0 Å². The van der Waals surface area contributed by atoms with Crippen molar-refractivity contribution in [1.29, 1.82) is 0 Å². The molecule has 62 valence electrons. The van der Waals surface area contributed by atoms with Crippen molar-refractivity contribution < 1.29 is 4.42 Å². The minimum Gasteiger partial charge on any atom is -0.416 e. The van der Waals surface area contributed by atoms with Gasteiger partial charge in [-0.3, -0.25) is 0 Å². The summed E-state index contributed by atoms with van der Waals surface area (Å²) in [5, 5.41) is 11.8. The number of nitrogens with zero attached hydrogens (tertiary/aromatic N) is 2. The molecule has 0 atom stereocenters. The van der Waals surface area contributed by atoms with E-state index in [1.54, 1.807) is 11.3 Å². The number of hydrogen-bond acceptors (Lipinski definition) is 5. The lowest BCUT2D eigenvalue weighted by molar-refractivity contribution is 0.422. The number of rotatable bonds is 2. The molecule has 0 aliphatic heterocycles. The Bertz CT molecular complexity index is 355. The van der Waals surface area contributed by atoms with Crippen molar-refractivity contribution in [3.63, 3.8) is 0 Å². The van der Waals surface area contributed by atoms with Crippen LogP contribution in [0, 0.1) is 0 Å². The molecule has 0 saturated heterocycles. The third-order valence-electron chi connectivity index (χ3n) is 1.39. The van der Waals surface area contributed by atoms with Crippen molar-refractivity contribution in [3.05, 3.63) is 28.3 Å². The number of thiol groups is 1. The van der Waals surface area contributed by atoms with Crippen molar-refractivity contribution in [2.75, 3.05) is 0 Å². The van der Waals surface area contributed by atoms with Crippen LogP contribution in [0.25, 0.3) is 0 Å². The van der Waals surface area contributed by atoms with Gasteiger partial charge in [0.25, 0.3) is 5.22 Å². The van der Waals surface area contributed by atoms with E-state index >= 15 is 0 Å². The van der Waals surface area contributed by atoms with Gasteiger partial charge in [-0.1, -0.05) is 12.6 Å². The van der Waals surface area contributed by atoms with Crippen molar-refractivity contribution in [1.82, 2.24) is 10.2 Å². The van der Waals surface area contributed by atoms with Gasteiger partial charge in [-0.15, -0.1) is 10.2 Å². The van der Waals surface area contributed by atoms with Crippen LogP contribution in [-0.4, -0.2) is 10.2 Å². The summed E-state index contributed by atoms with van der Waals surface area (Å²) in [6.07, 6.45) is 0.692. The number of thiophene rings is 1. The normalized spacial score (nSPS) is 10.4. The van der Waals surface area contributed by atoms with E-state index in [2.05, 4.69) is 28.2 Å². The molecule has 2 heterocycles. The summed E-state index contributed by atoms with van der Waals surface area (Å²) < 4.78 is 5.10. The lowest BCUT2D eigenvalue weighted by Gasteiger charge is -1.87. The van der Waals surface area contributed by atoms with Crippen LogP contribution in [0.3, 0.4) is 0 Å². The fraction of sp³-hybridized carbons (Fsp3) is 0.143. The van der Waals surface area contributed by atoms with Crippen LogP contribution in [0.4, 0.5) is 0 Å². The standard InChI is InChI=1S/C7H6N2OS2/c11-7-9-8-6(10-7)3-5-1-2-12-4-5/h1-2,4H,3H2,(H,9,11). The highest BCUT2D eigenvalue weighted by Crippen LogP contribution is 2.12. The van der Waals surface area contributed by atoms with E-state index in [0.29, 0.717) is 17.5 Å². The zero-order valence-electron chi connectivity index (χ0n) is 6.10. The molecule has 0 bridgehead atoms. The summed E-state index contributed by atoms with van der Waals surface area (Å²) in [7, 11) is 0. The van der Waals surface area contributed by atoms with Gasteiger partial charge in [-0.2, -0.15) is 11.3 Å². The van der Waals surface area contributed by atoms with Crippen LogP contribution >= 0.6 is 24.0 Å². The lowest BCUT2D eigenvalue weighted by atomic mass is 10.2. The molecule has 0 aliphatic rings. The molecule has 2 rings (SSSR count). The summed E-state index contributed by atoms with van der Waals surface area (Å²) in [5.74, 6) is 0.610. The van der Waals surface area contributed by atoms with E-state index in [1.165, 1.54) is 5.56 Å². The molecule has 5 heteroatoms. The van der Waals surface area contributed by atoms with Gasteiger partial charge in [0, 0.05) is 0 Å². The Morgan fingerprint density at radius 3 is 3.00 bits per heavy atom. The van der Waals surface area contributed by atoms with Crippen molar-refractivity contribution in [2.24, 2.45) is 0 Å². The molecule has 2 aromatic heterocycles. The third kappa shape index (κ3) is 1.67. The summed E-state index contributed by atoms with van der Waals surface area (Å²) in [6, 6.07) is 2.03.